The standard InChI is InChI=1S/C22H24N4O3/c1-16-12-24-13-20(25-16)28-7-5-17-6-8-29-22(10-17)14-26(15-22)21(27)19-4-2-3-18(9-19)11-23/h2-4,9,12-13,17H,5-8,10,14-15H2,1H3/t17-/m0/s1. The minimum absolute atomic E-state index is 0.0418. The van der Waals surface area contributed by atoms with Crippen LogP contribution >= 0.6 is 0 Å². The predicted octanol–water partition coefficient (Wildman–Crippen LogP) is 2.75. The van der Waals surface area contributed by atoms with Gasteiger partial charge in [-0.3, -0.25) is 9.78 Å². The zero-order valence-electron chi connectivity index (χ0n) is 16.5. The van der Waals surface area contributed by atoms with Crippen molar-refractivity contribution in [2.24, 2.45) is 5.92 Å². The number of aryl methyl sites for hydroxylation is 1. The molecule has 1 atom stereocenters. The average Bonchev–Trinajstić information content (AvgIpc) is 2.72. The smallest absolute Gasteiger partial charge is 0.254 e. The second-order valence-electron chi connectivity index (χ2n) is 7.88. The fraction of sp³-hybridized carbons (Fsp3) is 0.455. The summed E-state index contributed by atoms with van der Waals surface area (Å²) in [5, 5.41) is 9.03. The Hall–Kier alpha value is -2.98. The summed E-state index contributed by atoms with van der Waals surface area (Å²) in [5.41, 5.74) is 1.65. The summed E-state index contributed by atoms with van der Waals surface area (Å²) in [6.45, 7) is 4.40. The van der Waals surface area contributed by atoms with E-state index in [1.807, 2.05) is 6.92 Å². The van der Waals surface area contributed by atoms with Crippen molar-refractivity contribution in [2.75, 3.05) is 26.3 Å². The number of hydrogen-bond acceptors (Lipinski definition) is 6. The lowest BCUT2D eigenvalue weighted by atomic mass is 9.79. The first kappa shape index (κ1) is 19.3. The van der Waals surface area contributed by atoms with Gasteiger partial charge in [-0.05, 0) is 50.3 Å². The van der Waals surface area contributed by atoms with E-state index in [0.29, 0.717) is 49.2 Å². The van der Waals surface area contributed by atoms with Crippen LogP contribution in [0.4, 0.5) is 0 Å². The normalized spacial score (nSPS) is 20.0. The van der Waals surface area contributed by atoms with Crippen molar-refractivity contribution in [3.8, 4) is 11.9 Å². The number of hydrogen-bond donors (Lipinski definition) is 0. The van der Waals surface area contributed by atoms with Crippen LogP contribution in [-0.4, -0.2) is 52.7 Å². The molecular weight excluding hydrogens is 368 g/mol. The zero-order valence-corrected chi connectivity index (χ0v) is 16.5. The van der Waals surface area contributed by atoms with Gasteiger partial charge in [0.25, 0.3) is 5.91 Å². The first-order valence-corrected chi connectivity index (χ1v) is 9.92. The van der Waals surface area contributed by atoms with Crippen LogP contribution in [0.1, 0.15) is 40.9 Å². The van der Waals surface area contributed by atoms with Crippen molar-refractivity contribution in [1.29, 1.82) is 5.26 Å². The summed E-state index contributed by atoms with van der Waals surface area (Å²) in [5.74, 6) is 1.02. The molecule has 4 rings (SSSR count). The molecule has 150 valence electrons. The summed E-state index contributed by atoms with van der Waals surface area (Å²) in [6, 6.07) is 8.92. The number of amides is 1. The van der Waals surface area contributed by atoms with E-state index in [9.17, 15) is 4.79 Å². The molecule has 7 nitrogen and oxygen atoms in total. The molecule has 0 radical (unpaired) electrons. The second kappa shape index (κ2) is 8.18. The molecule has 0 aliphatic carbocycles. The first-order valence-electron chi connectivity index (χ1n) is 9.92. The van der Waals surface area contributed by atoms with Gasteiger partial charge in [0.1, 0.15) is 5.60 Å². The molecule has 29 heavy (non-hydrogen) atoms. The Balaban J connectivity index is 1.28. The zero-order chi connectivity index (χ0) is 20.3. The summed E-state index contributed by atoms with van der Waals surface area (Å²) in [6.07, 6.45) is 6.20. The maximum Gasteiger partial charge on any atom is 0.254 e. The molecule has 0 N–H and O–H groups in total. The van der Waals surface area contributed by atoms with Crippen LogP contribution in [0.3, 0.4) is 0 Å². The van der Waals surface area contributed by atoms with Gasteiger partial charge >= 0.3 is 0 Å². The fourth-order valence-electron chi connectivity index (χ4n) is 4.13. The Bertz CT molecular complexity index is 934. The van der Waals surface area contributed by atoms with Crippen LogP contribution in [0, 0.1) is 24.2 Å². The highest BCUT2D eigenvalue weighted by atomic mass is 16.5. The Kier molecular flexibility index (Phi) is 5.45. The Morgan fingerprint density at radius 2 is 2.28 bits per heavy atom. The lowest BCUT2D eigenvalue weighted by molar-refractivity contribution is -0.166. The van der Waals surface area contributed by atoms with Crippen LogP contribution < -0.4 is 4.74 Å². The van der Waals surface area contributed by atoms with Crippen LogP contribution in [-0.2, 0) is 4.74 Å². The van der Waals surface area contributed by atoms with Gasteiger partial charge in [-0.1, -0.05) is 6.07 Å². The number of rotatable bonds is 5. The molecule has 1 aromatic carbocycles. The van der Waals surface area contributed by atoms with Crippen molar-refractivity contribution < 1.29 is 14.3 Å². The van der Waals surface area contributed by atoms with Gasteiger partial charge in [0, 0.05) is 18.4 Å². The Morgan fingerprint density at radius 1 is 1.41 bits per heavy atom. The van der Waals surface area contributed by atoms with Gasteiger partial charge in [0.2, 0.25) is 5.88 Å². The quantitative estimate of drug-likeness (QED) is 0.777. The van der Waals surface area contributed by atoms with E-state index in [2.05, 4.69) is 16.0 Å². The monoisotopic (exact) mass is 392 g/mol. The van der Waals surface area contributed by atoms with E-state index in [4.69, 9.17) is 14.7 Å². The molecular formula is C22H24N4O3. The van der Waals surface area contributed by atoms with Gasteiger partial charge < -0.3 is 14.4 Å². The van der Waals surface area contributed by atoms with Gasteiger partial charge in [-0.25, -0.2) is 4.98 Å². The van der Waals surface area contributed by atoms with Crippen LogP contribution in [0.2, 0.25) is 0 Å². The summed E-state index contributed by atoms with van der Waals surface area (Å²) in [7, 11) is 0. The largest absolute Gasteiger partial charge is 0.477 e. The molecule has 7 heteroatoms. The SMILES string of the molecule is Cc1cncc(OCC[C@H]2CCOC3(C2)CN(C(=O)c2cccc(C#N)c2)C3)n1. The number of nitriles is 1. The molecule has 0 bridgehead atoms. The predicted molar refractivity (Wildman–Crippen MR) is 105 cm³/mol. The maximum atomic E-state index is 12.7. The van der Waals surface area contributed by atoms with Crippen molar-refractivity contribution in [1.82, 2.24) is 14.9 Å². The number of benzene rings is 1. The molecule has 1 spiro atoms. The van der Waals surface area contributed by atoms with E-state index in [1.54, 1.807) is 41.6 Å². The van der Waals surface area contributed by atoms with Crippen molar-refractivity contribution in [3.05, 3.63) is 53.5 Å². The third kappa shape index (κ3) is 4.38. The lowest BCUT2D eigenvalue weighted by Crippen LogP contribution is -2.66. The number of aromatic nitrogens is 2. The Labute approximate surface area is 170 Å². The minimum Gasteiger partial charge on any atom is -0.477 e. The minimum atomic E-state index is -0.242. The summed E-state index contributed by atoms with van der Waals surface area (Å²) in [4.78, 5) is 22.9. The van der Waals surface area contributed by atoms with E-state index in [0.717, 1.165) is 25.0 Å². The third-order valence-corrected chi connectivity index (χ3v) is 5.59. The van der Waals surface area contributed by atoms with Crippen molar-refractivity contribution in [3.63, 3.8) is 0 Å². The van der Waals surface area contributed by atoms with E-state index in [-0.39, 0.29) is 11.5 Å². The molecule has 2 aromatic rings. The molecule has 2 aliphatic heterocycles. The number of nitrogens with zero attached hydrogens (tertiary/aromatic N) is 4. The average molecular weight is 392 g/mol. The van der Waals surface area contributed by atoms with Crippen LogP contribution in [0.15, 0.2) is 36.7 Å². The molecule has 2 fully saturated rings. The van der Waals surface area contributed by atoms with E-state index in [1.165, 1.54) is 0 Å². The van der Waals surface area contributed by atoms with Crippen molar-refractivity contribution >= 4 is 5.91 Å². The van der Waals surface area contributed by atoms with Gasteiger partial charge in [0.05, 0.1) is 43.2 Å². The number of carbonyl (C=O) groups excluding carboxylic acids is 1. The highest BCUT2D eigenvalue weighted by Crippen LogP contribution is 2.38. The van der Waals surface area contributed by atoms with Gasteiger partial charge in [0.15, 0.2) is 0 Å². The third-order valence-electron chi connectivity index (χ3n) is 5.59. The molecule has 0 saturated carbocycles. The topological polar surface area (TPSA) is 88.3 Å². The molecule has 3 heterocycles. The van der Waals surface area contributed by atoms with Crippen LogP contribution in [0.25, 0.3) is 0 Å². The van der Waals surface area contributed by atoms with Crippen LogP contribution in [0.5, 0.6) is 5.88 Å². The summed E-state index contributed by atoms with van der Waals surface area (Å²) < 4.78 is 11.8. The molecule has 2 aliphatic rings. The van der Waals surface area contributed by atoms with E-state index < -0.39 is 0 Å². The Morgan fingerprint density at radius 3 is 3.07 bits per heavy atom. The molecule has 1 amide bonds. The van der Waals surface area contributed by atoms with Crippen molar-refractivity contribution in [2.45, 2.75) is 31.8 Å². The lowest BCUT2D eigenvalue weighted by Gasteiger charge is -2.53. The number of ether oxygens (including phenoxy) is 2. The maximum absolute atomic E-state index is 12.7. The molecule has 2 saturated heterocycles. The second-order valence-corrected chi connectivity index (χ2v) is 7.88. The van der Waals surface area contributed by atoms with E-state index >= 15 is 0 Å². The van der Waals surface area contributed by atoms with Gasteiger partial charge in [-0.2, -0.15) is 5.26 Å². The highest BCUT2D eigenvalue weighted by Gasteiger charge is 2.49. The molecule has 0 unspecified atom stereocenters. The fourth-order valence-corrected chi connectivity index (χ4v) is 4.13. The number of likely N-dealkylation sites (tertiary alicyclic amines) is 1. The summed E-state index contributed by atoms with van der Waals surface area (Å²) >= 11 is 0. The number of carbonyl (C=O) groups is 1. The highest BCUT2D eigenvalue weighted by molar-refractivity contribution is 5.95. The molecule has 1 aromatic heterocycles. The first-order chi connectivity index (χ1) is 14.1. The van der Waals surface area contributed by atoms with Gasteiger partial charge in [-0.15, -0.1) is 0 Å².